The number of nitrogens with zero attached hydrogens (tertiary/aromatic N) is 3. The van der Waals surface area contributed by atoms with E-state index in [2.05, 4.69) is 41.1 Å². The zero-order valence-electron chi connectivity index (χ0n) is 15.0. The molecule has 2 heterocycles. The highest BCUT2D eigenvalue weighted by Gasteiger charge is 2.33. The van der Waals surface area contributed by atoms with Crippen LogP contribution in [0.3, 0.4) is 0 Å². The van der Waals surface area contributed by atoms with Gasteiger partial charge in [0.1, 0.15) is 6.10 Å². The molecule has 132 valence electrons. The van der Waals surface area contributed by atoms with Crippen LogP contribution in [0.5, 0.6) is 0 Å². The Morgan fingerprint density at radius 1 is 1.42 bits per heavy atom. The van der Waals surface area contributed by atoms with Gasteiger partial charge in [0.15, 0.2) is 0 Å². The van der Waals surface area contributed by atoms with Crippen molar-refractivity contribution in [3.05, 3.63) is 18.0 Å². The highest BCUT2D eigenvalue weighted by molar-refractivity contribution is 5.08. The molecule has 3 rings (SSSR count). The van der Waals surface area contributed by atoms with Crippen molar-refractivity contribution in [1.82, 2.24) is 15.1 Å². The molecule has 24 heavy (non-hydrogen) atoms. The summed E-state index contributed by atoms with van der Waals surface area (Å²) < 4.78 is 8.18. The van der Waals surface area contributed by atoms with E-state index >= 15 is 0 Å². The molecule has 2 atom stereocenters. The van der Waals surface area contributed by atoms with Crippen LogP contribution in [-0.4, -0.2) is 29.0 Å². The second-order valence-corrected chi connectivity index (χ2v) is 7.62. The maximum atomic E-state index is 9.26. The minimum Gasteiger partial charge on any atom is -0.372 e. The molecule has 0 unspecified atom stereocenters. The molecule has 0 radical (unpaired) electrons. The monoisotopic (exact) mass is 330 g/mol. The van der Waals surface area contributed by atoms with E-state index in [1.165, 1.54) is 12.1 Å². The zero-order chi connectivity index (χ0) is 17.0. The zero-order valence-corrected chi connectivity index (χ0v) is 15.0. The highest BCUT2D eigenvalue weighted by Crippen LogP contribution is 2.36. The van der Waals surface area contributed by atoms with Gasteiger partial charge in [-0.3, -0.25) is 4.68 Å². The lowest BCUT2D eigenvalue weighted by Crippen LogP contribution is -2.41. The summed E-state index contributed by atoms with van der Waals surface area (Å²) in [7, 11) is 0. The fourth-order valence-corrected chi connectivity index (χ4v) is 4.12. The lowest BCUT2D eigenvalue weighted by atomic mass is 9.75. The molecule has 2 fully saturated rings. The van der Waals surface area contributed by atoms with Crippen LogP contribution in [0.1, 0.15) is 64.2 Å². The maximum Gasteiger partial charge on any atom is 0.103 e. The first-order valence-corrected chi connectivity index (χ1v) is 9.43. The van der Waals surface area contributed by atoms with Crippen LogP contribution >= 0.6 is 0 Å². The second kappa shape index (κ2) is 7.67. The fraction of sp³-hybridized carbons (Fsp3) is 0.789. The Kier molecular flexibility index (Phi) is 5.57. The average Bonchev–Trinajstić information content (AvgIpc) is 3.10. The molecule has 0 bridgehead atoms. The Hall–Kier alpha value is -1.38. The van der Waals surface area contributed by atoms with Crippen molar-refractivity contribution in [3.63, 3.8) is 0 Å². The van der Waals surface area contributed by atoms with Gasteiger partial charge in [0.25, 0.3) is 0 Å². The van der Waals surface area contributed by atoms with E-state index in [9.17, 15) is 5.26 Å². The summed E-state index contributed by atoms with van der Waals surface area (Å²) in [5.74, 6) is 0.505. The van der Waals surface area contributed by atoms with Gasteiger partial charge in [0.05, 0.1) is 17.2 Å². The van der Waals surface area contributed by atoms with Gasteiger partial charge in [-0.2, -0.15) is 10.4 Å². The summed E-state index contributed by atoms with van der Waals surface area (Å²) in [6, 6.07) is 5.14. The molecule has 0 aromatic carbocycles. The van der Waals surface area contributed by atoms with Gasteiger partial charge in [-0.15, -0.1) is 0 Å². The van der Waals surface area contributed by atoms with Gasteiger partial charge in [-0.05, 0) is 58.4 Å². The number of hydrogen-bond acceptors (Lipinski definition) is 4. The van der Waals surface area contributed by atoms with E-state index in [1.807, 2.05) is 6.20 Å². The molecular weight excluding hydrogens is 300 g/mol. The van der Waals surface area contributed by atoms with E-state index in [0.29, 0.717) is 12.0 Å². The van der Waals surface area contributed by atoms with Crippen LogP contribution < -0.4 is 5.32 Å². The fourth-order valence-electron chi connectivity index (χ4n) is 4.12. The number of nitrogens with one attached hydrogen (secondary N) is 1. The summed E-state index contributed by atoms with van der Waals surface area (Å²) in [6.45, 7) is 6.95. The van der Waals surface area contributed by atoms with Crippen molar-refractivity contribution >= 4 is 0 Å². The minimum atomic E-state index is -0.109. The number of ether oxygens (including phenoxy) is 1. The normalized spacial score (nSPS) is 34.0. The molecule has 5 heteroatoms. The van der Waals surface area contributed by atoms with Crippen molar-refractivity contribution in [3.8, 4) is 6.07 Å². The maximum absolute atomic E-state index is 9.26. The van der Waals surface area contributed by atoms with Gasteiger partial charge in [-0.25, -0.2) is 0 Å². The first-order chi connectivity index (χ1) is 11.6. The number of aromatic nitrogens is 2. The van der Waals surface area contributed by atoms with Crippen LogP contribution in [0.25, 0.3) is 0 Å². The third kappa shape index (κ3) is 3.81. The van der Waals surface area contributed by atoms with E-state index in [4.69, 9.17) is 4.74 Å². The molecule has 1 saturated heterocycles. The largest absolute Gasteiger partial charge is 0.372 e. The summed E-state index contributed by atoms with van der Waals surface area (Å²) in [4.78, 5) is 0. The lowest BCUT2D eigenvalue weighted by Gasteiger charge is -2.36. The van der Waals surface area contributed by atoms with Gasteiger partial charge in [0.2, 0.25) is 0 Å². The summed E-state index contributed by atoms with van der Waals surface area (Å²) in [5, 5.41) is 17.4. The molecule has 1 saturated carbocycles. The molecule has 1 aliphatic carbocycles. The quantitative estimate of drug-likeness (QED) is 0.898. The summed E-state index contributed by atoms with van der Waals surface area (Å²) in [5.41, 5.74) is 1.10. The number of rotatable bonds is 5. The number of aryl methyl sites for hydroxylation is 1. The molecule has 0 amide bonds. The Morgan fingerprint density at radius 3 is 2.92 bits per heavy atom. The van der Waals surface area contributed by atoms with Gasteiger partial charge < -0.3 is 10.1 Å². The summed E-state index contributed by atoms with van der Waals surface area (Å²) >= 11 is 0. The second-order valence-electron chi connectivity index (χ2n) is 7.62. The van der Waals surface area contributed by atoms with Crippen LogP contribution in [0.15, 0.2) is 12.3 Å². The van der Waals surface area contributed by atoms with E-state index in [-0.39, 0.29) is 11.5 Å². The molecular formula is C19H30N4O. The van der Waals surface area contributed by atoms with Crippen molar-refractivity contribution in [2.45, 2.75) is 71.1 Å². The topological polar surface area (TPSA) is 62.9 Å². The molecule has 1 aromatic rings. The minimum absolute atomic E-state index is 0.109. The molecule has 1 N–H and O–H groups in total. The Balaban J connectivity index is 1.56. The van der Waals surface area contributed by atoms with Gasteiger partial charge in [0, 0.05) is 37.9 Å². The van der Waals surface area contributed by atoms with Crippen molar-refractivity contribution in [2.75, 3.05) is 13.2 Å². The molecule has 2 aliphatic rings. The van der Waals surface area contributed by atoms with Crippen LogP contribution in [0.4, 0.5) is 0 Å². The number of hydrogen-bond donors (Lipinski definition) is 1. The van der Waals surface area contributed by atoms with Gasteiger partial charge >= 0.3 is 0 Å². The summed E-state index contributed by atoms with van der Waals surface area (Å²) in [6.07, 6.45) is 8.61. The average molecular weight is 330 g/mol. The first kappa shape index (κ1) is 17.4. The van der Waals surface area contributed by atoms with Crippen LogP contribution in [-0.2, 0) is 11.3 Å². The van der Waals surface area contributed by atoms with Crippen LogP contribution in [0.2, 0.25) is 0 Å². The van der Waals surface area contributed by atoms with Crippen molar-refractivity contribution in [2.24, 2.45) is 11.3 Å². The Morgan fingerprint density at radius 2 is 2.21 bits per heavy atom. The SMILES string of the molecule is CCn1nccc1[C@@H]1OCCC[C@H]1CNC1CCC(C)(C#N)CC1. The van der Waals surface area contributed by atoms with Crippen molar-refractivity contribution in [1.29, 1.82) is 5.26 Å². The molecule has 5 nitrogen and oxygen atoms in total. The Bertz CT molecular complexity index is 568. The predicted octanol–water partition coefficient (Wildman–Crippen LogP) is 3.43. The van der Waals surface area contributed by atoms with E-state index in [1.54, 1.807) is 0 Å². The molecule has 1 aromatic heterocycles. The standard InChI is InChI=1S/C19H30N4O/c1-3-23-17(8-11-22-23)18-15(5-4-12-24-18)13-21-16-6-9-19(2,14-20)10-7-16/h8,11,15-16,18,21H,3-7,9-10,12-13H2,1-2H3/t15-,16?,18+,19?/m0/s1. The number of nitriles is 1. The molecule has 1 aliphatic heterocycles. The smallest absolute Gasteiger partial charge is 0.103 e. The van der Waals surface area contributed by atoms with Crippen LogP contribution in [0, 0.1) is 22.7 Å². The highest BCUT2D eigenvalue weighted by atomic mass is 16.5. The molecule has 0 spiro atoms. The van der Waals surface area contributed by atoms with Crippen molar-refractivity contribution < 1.29 is 4.74 Å². The Labute approximate surface area is 145 Å². The lowest BCUT2D eigenvalue weighted by molar-refractivity contribution is -0.0338. The predicted molar refractivity (Wildman–Crippen MR) is 93.3 cm³/mol. The third-order valence-electron chi connectivity index (χ3n) is 5.81. The van der Waals surface area contributed by atoms with Gasteiger partial charge in [-0.1, -0.05) is 0 Å². The van der Waals surface area contributed by atoms with E-state index < -0.39 is 0 Å². The van der Waals surface area contributed by atoms with E-state index in [0.717, 1.165) is 51.8 Å². The first-order valence-electron chi connectivity index (χ1n) is 9.43. The third-order valence-corrected chi connectivity index (χ3v) is 5.81.